The molecule has 0 unspecified atom stereocenters. The number of likely N-dealkylation sites (tertiary alicyclic amines) is 1. The molecule has 2 N–H and O–H groups in total. The fourth-order valence-corrected chi connectivity index (χ4v) is 6.07. The molecule has 172 valence electrons. The summed E-state index contributed by atoms with van der Waals surface area (Å²) in [6.45, 7) is 0.793. The minimum absolute atomic E-state index is 0.0924. The van der Waals surface area contributed by atoms with E-state index in [0.29, 0.717) is 35.7 Å². The Hall–Kier alpha value is -3.01. The summed E-state index contributed by atoms with van der Waals surface area (Å²) < 4.78 is 27.7. The van der Waals surface area contributed by atoms with Gasteiger partial charge < -0.3 is 10.2 Å². The first-order chi connectivity index (χ1) is 15.9. The monoisotopic (exact) mass is 483 g/mol. The van der Waals surface area contributed by atoms with Gasteiger partial charge in [-0.3, -0.25) is 9.59 Å². The van der Waals surface area contributed by atoms with Gasteiger partial charge in [-0.25, -0.2) is 13.1 Å². The van der Waals surface area contributed by atoms with Crippen molar-refractivity contribution < 1.29 is 18.0 Å². The summed E-state index contributed by atoms with van der Waals surface area (Å²) in [6.07, 6.45) is 1.07. The first-order valence-corrected chi connectivity index (χ1v) is 13.1. The number of piperidine rings is 1. The maximum atomic E-state index is 12.5. The van der Waals surface area contributed by atoms with Crippen molar-refractivity contribution in [2.24, 2.45) is 0 Å². The smallest absolute Gasteiger partial charge is 0.251 e. The van der Waals surface area contributed by atoms with Crippen LogP contribution in [0.15, 0.2) is 76.3 Å². The molecule has 1 saturated heterocycles. The van der Waals surface area contributed by atoms with Gasteiger partial charge in [0, 0.05) is 24.7 Å². The number of rotatable bonds is 7. The number of nitrogens with one attached hydrogen (secondary N) is 2. The summed E-state index contributed by atoms with van der Waals surface area (Å²) in [5.41, 5.74) is 2.57. The molecular formula is C24H25N3O4S2. The normalized spacial score (nSPS) is 14.7. The standard InChI is InChI=1S/C24H25N3O4S2/c28-22(27-14-12-21(13-15-27)26-33(30,31)23-7-4-16-32-23)17-25-24(29)20-10-8-19(9-11-20)18-5-2-1-3-6-18/h1-11,16,21,26H,12-15,17H2,(H,25,29). The average molecular weight is 484 g/mol. The third-order valence-electron chi connectivity index (χ3n) is 5.58. The first-order valence-electron chi connectivity index (χ1n) is 10.7. The van der Waals surface area contributed by atoms with E-state index >= 15 is 0 Å². The second-order valence-corrected chi connectivity index (χ2v) is 10.7. The van der Waals surface area contributed by atoms with Gasteiger partial charge in [-0.05, 0) is 47.5 Å². The highest BCUT2D eigenvalue weighted by atomic mass is 32.2. The van der Waals surface area contributed by atoms with Crippen LogP contribution >= 0.6 is 11.3 Å². The molecule has 0 radical (unpaired) electrons. The fourth-order valence-electron chi connectivity index (χ4n) is 3.76. The van der Waals surface area contributed by atoms with Crippen LogP contribution in [-0.4, -0.2) is 50.8 Å². The molecule has 33 heavy (non-hydrogen) atoms. The molecule has 2 heterocycles. The van der Waals surface area contributed by atoms with Gasteiger partial charge in [-0.2, -0.15) is 0 Å². The molecule has 1 aliphatic rings. The van der Waals surface area contributed by atoms with Crippen molar-refractivity contribution >= 4 is 33.2 Å². The number of carbonyl (C=O) groups excluding carboxylic acids is 2. The van der Waals surface area contributed by atoms with Gasteiger partial charge in [0.15, 0.2) is 0 Å². The number of thiophene rings is 1. The van der Waals surface area contributed by atoms with Crippen LogP contribution in [0.1, 0.15) is 23.2 Å². The molecule has 1 aliphatic heterocycles. The maximum Gasteiger partial charge on any atom is 0.251 e. The van der Waals surface area contributed by atoms with Gasteiger partial charge in [0.2, 0.25) is 15.9 Å². The van der Waals surface area contributed by atoms with Crippen LogP contribution in [0.5, 0.6) is 0 Å². The highest BCUT2D eigenvalue weighted by Crippen LogP contribution is 2.20. The van der Waals surface area contributed by atoms with Crippen LogP contribution in [-0.2, 0) is 14.8 Å². The molecule has 0 saturated carbocycles. The fraction of sp³-hybridized carbons (Fsp3) is 0.250. The van der Waals surface area contributed by atoms with Gasteiger partial charge in [0.25, 0.3) is 5.91 Å². The summed E-state index contributed by atoms with van der Waals surface area (Å²) in [7, 11) is -3.52. The SMILES string of the molecule is O=C(NCC(=O)N1CCC(NS(=O)(=O)c2cccs2)CC1)c1ccc(-c2ccccc2)cc1. The Morgan fingerprint density at radius 1 is 0.909 bits per heavy atom. The Labute approximate surface area is 197 Å². The second kappa shape index (κ2) is 10.3. The summed E-state index contributed by atoms with van der Waals surface area (Å²) in [5.74, 6) is -0.481. The van der Waals surface area contributed by atoms with Gasteiger partial charge in [-0.15, -0.1) is 11.3 Å². The van der Waals surface area contributed by atoms with Crippen LogP contribution in [0, 0.1) is 0 Å². The Morgan fingerprint density at radius 3 is 2.21 bits per heavy atom. The Morgan fingerprint density at radius 2 is 1.58 bits per heavy atom. The molecular weight excluding hydrogens is 458 g/mol. The highest BCUT2D eigenvalue weighted by molar-refractivity contribution is 7.91. The number of nitrogens with zero attached hydrogens (tertiary/aromatic N) is 1. The number of hydrogen-bond donors (Lipinski definition) is 2. The van der Waals surface area contributed by atoms with Crippen LogP contribution < -0.4 is 10.0 Å². The molecule has 1 aromatic heterocycles. The zero-order chi connectivity index (χ0) is 23.3. The lowest BCUT2D eigenvalue weighted by Gasteiger charge is -2.32. The molecule has 0 spiro atoms. The van der Waals surface area contributed by atoms with E-state index in [2.05, 4.69) is 10.0 Å². The molecule has 2 amide bonds. The predicted molar refractivity (Wildman–Crippen MR) is 128 cm³/mol. The number of carbonyl (C=O) groups is 2. The van der Waals surface area contributed by atoms with E-state index in [9.17, 15) is 18.0 Å². The lowest BCUT2D eigenvalue weighted by atomic mass is 10.0. The number of benzene rings is 2. The van der Waals surface area contributed by atoms with E-state index < -0.39 is 10.0 Å². The van der Waals surface area contributed by atoms with Crippen molar-refractivity contribution in [3.8, 4) is 11.1 Å². The first kappa shape index (κ1) is 23.2. The molecule has 4 rings (SSSR count). The quantitative estimate of drug-likeness (QED) is 0.540. The topological polar surface area (TPSA) is 95.6 Å². The maximum absolute atomic E-state index is 12.5. The van der Waals surface area contributed by atoms with E-state index in [1.54, 1.807) is 34.5 Å². The predicted octanol–water partition coefficient (Wildman–Crippen LogP) is 3.11. The van der Waals surface area contributed by atoms with E-state index in [4.69, 9.17) is 0 Å². The van der Waals surface area contributed by atoms with E-state index in [1.165, 1.54) is 11.3 Å². The average Bonchev–Trinajstić information content (AvgIpc) is 3.40. The number of amides is 2. The molecule has 2 aromatic carbocycles. The van der Waals surface area contributed by atoms with Crippen molar-refractivity contribution in [2.75, 3.05) is 19.6 Å². The Kier molecular flexibility index (Phi) is 7.22. The van der Waals surface area contributed by atoms with Gasteiger partial charge >= 0.3 is 0 Å². The minimum Gasteiger partial charge on any atom is -0.343 e. The van der Waals surface area contributed by atoms with Crippen LogP contribution in [0.3, 0.4) is 0 Å². The molecule has 7 nitrogen and oxygen atoms in total. The van der Waals surface area contributed by atoms with Crippen LogP contribution in [0.2, 0.25) is 0 Å². The Bertz CT molecular complexity index is 1190. The highest BCUT2D eigenvalue weighted by Gasteiger charge is 2.27. The number of sulfonamides is 1. The zero-order valence-corrected chi connectivity index (χ0v) is 19.6. The van der Waals surface area contributed by atoms with E-state index in [-0.39, 0.29) is 24.4 Å². The van der Waals surface area contributed by atoms with Crippen molar-refractivity contribution in [1.82, 2.24) is 14.9 Å². The summed E-state index contributed by atoms with van der Waals surface area (Å²) in [6, 6.07) is 20.2. The van der Waals surface area contributed by atoms with Crippen molar-refractivity contribution in [3.05, 3.63) is 77.7 Å². The molecule has 1 fully saturated rings. The molecule has 9 heteroatoms. The summed E-state index contributed by atoms with van der Waals surface area (Å²) >= 11 is 1.18. The Balaban J connectivity index is 1.24. The van der Waals surface area contributed by atoms with Crippen molar-refractivity contribution in [1.29, 1.82) is 0 Å². The zero-order valence-electron chi connectivity index (χ0n) is 17.9. The molecule has 0 aliphatic carbocycles. The largest absolute Gasteiger partial charge is 0.343 e. The second-order valence-electron chi connectivity index (χ2n) is 7.83. The third kappa shape index (κ3) is 5.87. The van der Waals surface area contributed by atoms with E-state index in [1.807, 2.05) is 42.5 Å². The summed E-state index contributed by atoms with van der Waals surface area (Å²) in [4.78, 5) is 26.6. The molecule has 0 atom stereocenters. The summed E-state index contributed by atoms with van der Waals surface area (Å²) in [5, 5.41) is 4.41. The van der Waals surface area contributed by atoms with Crippen molar-refractivity contribution in [3.63, 3.8) is 0 Å². The lowest BCUT2D eigenvalue weighted by molar-refractivity contribution is -0.131. The lowest BCUT2D eigenvalue weighted by Crippen LogP contribution is -2.48. The number of hydrogen-bond acceptors (Lipinski definition) is 5. The van der Waals surface area contributed by atoms with Crippen LogP contribution in [0.25, 0.3) is 11.1 Å². The van der Waals surface area contributed by atoms with Gasteiger partial charge in [0.1, 0.15) is 4.21 Å². The van der Waals surface area contributed by atoms with Gasteiger partial charge in [0.05, 0.1) is 6.54 Å². The molecule has 0 bridgehead atoms. The van der Waals surface area contributed by atoms with Gasteiger partial charge in [-0.1, -0.05) is 48.5 Å². The van der Waals surface area contributed by atoms with E-state index in [0.717, 1.165) is 11.1 Å². The third-order valence-corrected chi connectivity index (χ3v) is 8.50. The minimum atomic E-state index is -3.52. The molecule has 3 aromatic rings. The van der Waals surface area contributed by atoms with Crippen molar-refractivity contribution in [2.45, 2.75) is 23.1 Å². The van der Waals surface area contributed by atoms with Crippen LogP contribution in [0.4, 0.5) is 0 Å².